The second-order valence-corrected chi connectivity index (χ2v) is 4.79. The molecule has 80 valence electrons. The van der Waals surface area contributed by atoms with Gasteiger partial charge in [-0.05, 0) is 36.1 Å². The van der Waals surface area contributed by atoms with E-state index in [0.717, 1.165) is 22.9 Å². The van der Waals surface area contributed by atoms with Crippen LogP contribution >= 0.6 is 15.9 Å². The summed E-state index contributed by atoms with van der Waals surface area (Å²) in [6.45, 7) is 0.420. The summed E-state index contributed by atoms with van der Waals surface area (Å²) >= 11 is 3.44. The molecule has 0 heterocycles. The van der Waals surface area contributed by atoms with Gasteiger partial charge in [0.05, 0.1) is 12.6 Å². The Bertz CT molecular complexity index is 496. The van der Waals surface area contributed by atoms with Crippen molar-refractivity contribution in [2.24, 2.45) is 0 Å². The molecule has 1 aromatic carbocycles. The van der Waals surface area contributed by atoms with E-state index in [9.17, 15) is 5.26 Å². The first-order valence-electron chi connectivity index (χ1n) is 5.10. The average Bonchev–Trinajstić information content (AvgIpc) is 2.65. The highest BCUT2D eigenvalue weighted by atomic mass is 79.9. The molecule has 0 bridgehead atoms. The highest BCUT2D eigenvalue weighted by molar-refractivity contribution is 9.10. The summed E-state index contributed by atoms with van der Waals surface area (Å²) in [5.41, 5.74) is 1.69. The summed E-state index contributed by atoms with van der Waals surface area (Å²) in [5, 5.41) is 12.5. The van der Waals surface area contributed by atoms with E-state index < -0.39 is 5.54 Å². The number of aryl methyl sites for hydroxylation is 1. The van der Waals surface area contributed by atoms with Crippen molar-refractivity contribution in [2.75, 3.05) is 6.54 Å². The lowest BCUT2D eigenvalue weighted by atomic mass is 9.93. The van der Waals surface area contributed by atoms with Crippen LogP contribution in [0.1, 0.15) is 17.5 Å². The number of hydrogen-bond donors (Lipinski definition) is 1. The van der Waals surface area contributed by atoms with Crippen molar-refractivity contribution in [1.82, 2.24) is 5.32 Å². The van der Waals surface area contributed by atoms with E-state index in [1.807, 2.05) is 12.1 Å². The number of benzene rings is 1. The molecule has 0 aliphatic heterocycles. The van der Waals surface area contributed by atoms with Gasteiger partial charge in [-0.25, -0.2) is 0 Å². The number of fused-ring (bicyclic) bond motifs is 1. The van der Waals surface area contributed by atoms with Crippen molar-refractivity contribution in [3.63, 3.8) is 0 Å². The zero-order valence-corrected chi connectivity index (χ0v) is 10.3. The predicted molar refractivity (Wildman–Crippen MR) is 66.6 cm³/mol. The molecule has 0 saturated carbocycles. The van der Waals surface area contributed by atoms with Crippen LogP contribution in [-0.4, -0.2) is 6.54 Å². The first-order valence-corrected chi connectivity index (χ1v) is 5.90. The number of rotatable bonds is 2. The number of halogens is 1. The van der Waals surface area contributed by atoms with Gasteiger partial charge in [0.2, 0.25) is 0 Å². The number of nitriles is 1. The first kappa shape index (κ1) is 11.2. The molecule has 1 atom stereocenters. The van der Waals surface area contributed by atoms with E-state index >= 15 is 0 Å². The molecular weight excluding hydrogens is 264 g/mol. The molecule has 1 aromatic rings. The summed E-state index contributed by atoms with van der Waals surface area (Å²) < 4.78 is 1.05. The van der Waals surface area contributed by atoms with Gasteiger partial charge in [-0.2, -0.15) is 5.26 Å². The Balaban J connectivity index is 2.41. The minimum absolute atomic E-state index is 0.420. The molecule has 1 unspecified atom stereocenters. The van der Waals surface area contributed by atoms with Gasteiger partial charge < -0.3 is 0 Å². The van der Waals surface area contributed by atoms with Crippen molar-refractivity contribution >= 4 is 15.9 Å². The zero-order chi connectivity index (χ0) is 11.6. The first-order chi connectivity index (χ1) is 7.72. The van der Waals surface area contributed by atoms with Gasteiger partial charge in [-0.15, -0.1) is 6.42 Å². The van der Waals surface area contributed by atoms with Crippen LogP contribution in [-0.2, 0) is 12.0 Å². The molecule has 1 aliphatic rings. The van der Waals surface area contributed by atoms with Crippen LogP contribution in [0.15, 0.2) is 22.7 Å². The minimum Gasteiger partial charge on any atom is -0.285 e. The normalized spacial score (nSPS) is 22.2. The average molecular weight is 275 g/mol. The van der Waals surface area contributed by atoms with E-state index in [1.165, 1.54) is 5.56 Å². The minimum atomic E-state index is -0.595. The van der Waals surface area contributed by atoms with E-state index in [1.54, 1.807) is 0 Å². The van der Waals surface area contributed by atoms with Crippen molar-refractivity contribution in [2.45, 2.75) is 18.4 Å². The Kier molecular flexibility index (Phi) is 3.01. The standard InChI is InChI=1S/C13H11BrN2/c1-2-7-16-13(9-15)6-5-10-8-11(14)3-4-12(10)13/h1,3-4,8,16H,5-7H2. The second-order valence-electron chi connectivity index (χ2n) is 3.88. The van der Waals surface area contributed by atoms with Crippen LogP contribution in [0.25, 0.3) is 0 Å². The monoisotopic (exact) mass is 274 g/mol. The van der Waals surface area contributed by atoms with Crippen molar-refractivity contribution < 1.29 is 0 Å². The predicted octanol–water partition coefficient (Wildman–Crippen LogP) is 2.34. The highest BCUT2D eigenvalue weighted by Crippen LogP contribution is 2.37. The van der Waals surface area contributed by atoms with Gasteiger partial charge in [-0.3, -0.25) is 5.32 Å². The Morgan fingerprint density at radius 3 is 3.06 bits per heavy atom. The number of terminal acetylenes is 1. The lowest BCUT2D eigenvalue weighted by Gasteiger charge is -2.22. The van der Waals surface area contributed by atoms with Crippen LogP contribution in [0, 0.1) is 23.7 Å². The van der Waals surface area contributed by atoms with Crippen molar-refractivity contribution in [3.05, 3.63) is 33.8 Å². The van der Waals surface area contributed by atoms with Crippen LogP contribution in [0.5, 0.6) is 0 Å². The lowest BCUT2D eigenvalue weighted by molar-refractivity contribution is 0.450. The Hall–Kier alpha value is -1.29. The SMILES string of the molecule is C#CCNC1(C#N)CCc2cc(Br)ccc21. The second kappa shape index (κ2) is 4.29. The maximum Gasteiger partial charge on any atom is 0.133 e. The summed E-state index contributed by atoms with van der Waals surface area (Å²) in [6, 6.07) is 8.41. The largest absolute Gasteiger partial charge is 0.285 e. The van der Waals surface area contributed by atoms with E-state index in [2.05, 4.69) is 39.3 Å². The van der Waals surface area contributed by atoms with Crippen LogP contribution in [0.3, 0.4) is 0 Å². The van der Waals surface area contributed by atoms with E-state index in [0.29, 0.717) is 6.54 Å². The fraction of sp³-hybridized carbons (Fsp3) is 0.308. The van der Waals surface area contributed by atoms with E-state index in [4.69, 9.17) is 6.42 Å². The summed E-state index contributed by atoms with van der Waals surface area (Å²) in [4.78, 5) is 0. The fourth-order valence-electron chi connectivity index (χ4n) is 2.18. The molecule has 2 nitrogen and oxygen atoms in total. The van der Waals surface area contributed by atoms with Crippen LogP contribution in [0.4, 0.5) is 0 Å². The molecule has 1 N–H and O–H groups in total. The van der Waals surface area contributed by atoms with Gasteiger partial charge in [0.15, 0.2) is 0 Å². The third kappa shape index (κ3) is 1.73. The molecule has 0 saturated heterocycles. The maximum atomic E-state index is 9.37. The topological polar surface area (TPSA) is 35.8 Å². The van der Waals surface area contributed by atoms with Crippen LogP contribution < -0.4 is 5.32 Å². The quantitative estimate of drug-likeness (QED) is 0.841. The summed E-state index contributed by atoms with van der Waals surface area (Å²) in [5.74, 6) is 2.52. The maximum absolute atomic E-state index is 9.37. The number of nitrogens with zero attached hydrogens (tertiary/aromatic N) is 1. The van der Waals surface area contributed by atoms with E-state index in [-0.39, 0.29) is 0 Å². The molecule has 1 aliphatic carbocycles. The zero-order valence-electron chi connectivity index (χ0n) is 8.76. The number of nitrogens with one attached hydrogen (secondary N) is 1. The lowest BCUT2D eigenvalue weighted by Crippen LogP contribution is -2.39. The number of hydrogen-bond acceptors (Lipinski definition) is 2. The molecule has 0 radical (unpaired) electrons. The molecular formula is C13H11BrN2. The van der Waals surface area contributed by atoms with Gasteiger partial charge in [0.25, 0.3) is 0 Å². The molecule has 0 aromatic heterocycles. The van der Waals surface area contributed by atoms with Gasteiger partial charge in [0, 0.05) is 4.47 Å². The van der Waals surface area contributed by atoms with Crippen LogP contribution in [0.2, 0.25) is 0 Å². The molecule has 0 spiro atoms. The third-order valence-electron chi connectivity index (χ3n) is 2.98. The Labute approximate surface area is 104 Å². The van der Waals surface area contributed by atoms with Gasteiger partial charge in [0.1, 0.15) is 5.54 Å². The fourth-order valence-corrected chi connectivity index (χ4v) is 2.59. The van der Waals surface area contributed by atoms with Gasteiger partial charge in [-0.1, -0.05) is 27.9 Å². The summed E-state index contributed by atoms with van der Waals surface area (Å²) in [7, 11) is 0. The Morgan fingerprint density at radius 1 is 1.56 bits per heavy atom. The Morgan fingerprint density at radius 2 is 2.38 bits per heavy atom. The smallest absolute Gasteiger partial charge is 0.133 e. The highest BCUT2D eigenvalue weighted by Gasteiger charge is 2.38. The summed E-state index contributed by atoms with van der Waals surface area (Å²) in [6.07, 6.45) is 6.94. The van der Waals surface area contributed by atoms with Gasteiger partial charge >= 0.3 is 0 Å². The third-order valence-corrected chi connectivity index (χ3v) is 3.47. The molecule has 0 fully saturated rings. The molecule has 3 heteroatoms. The molecule has 0 amide bonds. The van der Waals surface area contributed by atoms with Crippen molar-refractivity contribution in [3.8, 4) is 18.4 Å². The molecule has 16 heavy (non-hydrogen) atoms. The van der Waals surface area contributed by atoms with Crippen molar-refractivity contribution in [1.29, 1.82) is 5.26 Å². The molecule has 2 rings (SSSR count).